The largest absolute Gasteiger partial charge is 0.385 e. The van der Waals surface area contributed by atoms with Crippen molar-refractivity contribution in [2.24, 2.45) is 17.1 Å². The third kappa shape index (κ3) is 4.18. The Morgan fingerprint density at radius 1 is 1.19 bits per heavy atom. The lowest BCUT2D eigenvalue weighted by molar-refractivity contribution is 0.0376. The molecule has 0 aromatic carbocycles. The smallest absolute Gasteiger partial charge is 0.0480 e. The fourth-order valence-corrected chi connectivity index (χ4v) is 3.71. The summed E-state index contributed by atoms with van der Waals surface area (Å²) in [5.41, 5.74) is 6.66. The zero-order valence-electron chi connectivity index (χ0n) is 14.2. The molecule has 2 unspecified atom stereocenters. The van der Waals surface area contributed by atoms with Crippen molar-refractivity contribution < 1.29 is 9.47 Å². The Labute approximate surface area is 130 Å². The Hall–Kier alpha value is -0.640. The van der Waals surface area contributed by atoms with Gasteiger partial charge in [-0.25, -0.2) is 0 Å². The van der Waals surface area contributed by atoms with E-state index in [0.717, 1.165) is 19.3 Å². The van der Waals surface area contributed by atoms with Gasteiger partial charge in [-0.2, -0.15) is 0 Å². The first kappa shape index (κ1) is 18.4. The lowest BCUT2D eigenvalue weighted by Gasteiger charge is -2.51. The number of rotatable bonds is 10. The second kappa shape index (κ2) is 8.72. The van der Waals surface area contributed by atoms with Crippen LogP contribution in [0.3, 0.4) is 0 Å². The second-order valence-corrected chi connectivity index (χ2v) is 6.36. The van der Waals surface area contributed by atoms with Gasteiger partial charge in [0.1, 0.15) is 0 Å². The quantitative estimate of drug-likeness (QED) is 0.668. The maximum absolute atomic E-state index is 6.97. The van der Waals surface area contributed by atoms with Crippen molar-refractivity contribution >= 4 is 0 Å². The summed E-state index contributed by atoms with van der Waals surface area (Å²) in [7, 11) is 3.49. The van der Waals surface area contributed by atoms with Gasteiger partial charge in [-0.05, 0) is 25.2 Å². The van der Waals surface area contributed by atoms with Crippen LogP contribution in [0.15, 0.2) is 24.3 Å². The molecule has 1 aliphatic rings. The third-order valence-corrected chi connectivity index (χ3v) is 5.13. The lowest BCUT2D eigenvalue weighted by atomic mass is 9.57. The van der Waals surface area contributed by atoms with E-state index in [1.54, 1.807) is 14.2 Å². The molecule has 0 radical (unpaired) electrons. The summed E-state index contributed by atoms with van der Waals surface area (Å²) >= 11 is 0. The average Bonchev–Trinajstić information content (AvgIpc) is 2.51. The molecule has 0 aliphatic heterocycles. The summed E-state index contributed by atoms with van der Waals surface area (Å²) in [6.45, 7) is 5.97. The van der Waals surface area contributed by atoms with Gasteiger partial charge in [-0.1, -0.05) is 51.0 Å². The Kier molecular flexibility index (Phi) is 7.64. The summed E-state index contributed by atoms with van der Waals surface area (Å²) < 4.78 is 10.7. The third-order valence-electron chi connectivity index (χ3n) is 5.13. The van der Waals surface area contributed by atoms with Crippen LogP contribution < -0.4 is 5.73 Å². The average molecular weight is 295 g/mol. The molecule has 0 amide bonds. The van der Waals surface area contributed by atoms with E-state index in [1.807, 2.05) is 0 Å². The zero-order valence-corrected chi connectivity index (χ0v) is 14.2. The summed E-state index contributed by atoms with van der Waals surface area (Å²) in [6, 6.07) is 0. The Morgan fingerprint density at radius 3 is 2.24 bits per heavy atom. The lowest BCUT2D eigenvalue weighted by Crippen LogP contribution is -2.59. The normalized spacial score (nSPS) is 23.5. The highest BCUT2D eigenvalue weighted by atomic mass is 16.5. The van der Waals surface area contributed by atoms with Gasteiger partial charge in [-0.15, -0.1) is 0 Å². The predicted octanol–water partition coefficient (Wildman–Crippen LogP) is 3.70. The molecule has 1 aliphatic carbocycles. The van der Waals surface area contributed by atoms with Crippen LogP contribution in [0.5, 0.6) is 0 Å². The molecule has 3 heteroatoms. The maximum Gasteiger partial charge on any atom is 0.0480 e. The number of ether oxygens (including phenoxy) is 2. The molecule has 122 valence electrons. The molecule has 0 heterocycles. The number of allylic oxidation sites excluding steroid dienone is 3. The fourth-order valence-electron chi connectivity index (χ4n) is 3.71. The van der Waals surface area contributed by atoms with Gasteiger partial charge < -0.3 is 15.2 Å². The molecule has 2 N–H and O–H groups in total. The van der Waals surface area contributed by atoms with Gasteiger partial charge in [0.15, 0.2) is 0 Å². The number of hydrogen-bond donors (Lipinski definition) is 1. The minimum Gasteiger partial charge on any atom is -0.385 e. The van der Waals surface area contributed by atoms with Gasteiger partial charge in [0.05, 0.1) is 0 Å². The van der Waals surface area contributed by atoms with Crippen molar-refractivity contribution in [3.63, 3.8) is 0 Å². The molecule has 1 rings (SSSR count). The zero-order chi connectivity index (χ0) is 15.8. The predicted molar refractivity (Wildman–Crippen MR) is 89.3 cm³/mol. The number of hydrogen-bond acceptors (Lipinski definition) is 3. The Bertz CT molecular complexity index is 343. The Balaban J connectivity index is 3.10. The molecule has 0 saturated carbocycles. The molecule has 3 nitrogen and oxygen atoms in total. The first-order valence-electron chi connectivity index (χ1n) is 8.17. The van der Waals surface area contributed by atoms with Crippen molar-refractivity contribution in [3.05, 3.63) is 24.3 Å². The standard InChI is InChI=1S/C18H33NO2/c1-5-9-16(2)17(10-7-6-8-11-17)18(19,12-14-20-3)13-15-21-4/h6-8,10,16H,5,9,11-15,19H2,1-4H3. The van der Waals surface area contributed by atoms with E-state index in [2.05, 4.69) is 38.2 Å². The molecule has 0 saturated heterocycles. The summed E-state index contributed by atoms with van der Waals surface area (Å²) in [4.78, 5) is 0. The maximum atomic E-state index is 6.97. The van der Waals surface area contributed by atoms with E-state index >= 15 is 0 Å². The van der Waals surface area contributed by atoms with E-state index in [1.165, 1.54) is 12.8 Å². The van der Waals surface area contributed by atoms with Gasteiger partial charge >= 0.3 is 0 Å². The van der Waals surface area contributed by atoms with Crippen LogP contribution in [0.4, 0.5) is 0 Å². The first-order chi connectivity index (χ1) is 10.1. The van der Waals surface area contributed by atoms with Crippen LogP contribution in [-0.2, 0) is 9.47 Å². The highest BCUT2D eigenvalue weighted by Crippen LogP contribution is 2.49. The van der Waals surface area contributed by atoms with E-state index < -0.39 is 0 Å². The van der Waals surface area contributed by atoms with Crippen molar-refractivity contribution in [1.29, 1.82) is 0 Å². The molecule has 21 heavy (non-hydrogen) atoms. The van der Waals surface area contributed by atoms with Gasteiger partial charge in [-0.3, -0.25) is 0 Å². The van der Waals surface area contributed by atoms with E-state index in [-0.39, 0.29) is 11.0 Å². The minimum atomic E-state index is -0.297. The summed E-state index contributed by atoms with van der Waals surface area (Å²) in [5.74, 6) is 0.544. The fraction of sp³-hybridized carbons (Fsp3) is 0.778. The van der Waals surface area contributed by atoms with Crippen LogP contribution in [-0.4, -0.2) is 33.0 Å². The van der Waals surface area contributed by atoms with Crippen molar-refractivity contribution in [3.8, 4) is 0 Å². The molecule has 0 aromatic heterocycles. The minimum absolute atomic E-state index is 0.00514. The molecule has 0 spiro atoms. The van der Waals surface area contributed by atoms with Gasteiger partial charge in [0.2, 0.25) is 0 Å². The van der Waals surface area contributed by atoms with Crippen molar-refractivity contribution in [2.45, 2.75) is 51.5 Å². The molecular formula is C18H33NO2. The number of nitrogens with two attached hydrogens (primary N) is 1. The van der Waals surface area contributed by atoms with Crippen LogP contribution in [0.25, 0.3) is 0 Å². The van der Waals surface area contributed by atoms with Crippen LogP contribution >= 0.6 is 0 Å². The van der Waals surface area contributed by atoms with E-state index in [0.29, 0.717) is 19.1 Å². The second-order valence-electron chi connectivity index (χ2n) is 6.36. The summed E-state index contributed by atoms with van der Waals surface area (Å²) in [5, 5.41) is 0. The van der Waals surface area contributed by atoms with Gasteiger partial charge in [0, 0.05) is 38.4 Å². The van der Waals surface area contributed by atoms with Crippen LogP contribution in [0.1, 0.15) is 46.0 Å². The molecular weight excluding hydrogens is 262 g/mol. The van der Waals surface area contributed by atoms with Crippen molar-refractivity contribution in [1.82, 2.24) is 0 Å². The van der Waals surface area contributed by atoms with Crippen LogP contribution in [0, 0.1) is 11.3 Å². The topological polar surface area (TPSA) is 44.5 Å². The van der Waals surface area contributed by atoms with Gasteiger partial charge in [0.25, 0.3) is 0 Å². The highest BCUT2D eigenvalue weighted by Gasteiger charge is 2.49. The van der Waals surface area contributed by atoms with E-state index in [9.17, 15) is 0 Å². The molecule has 0 bridgehead atoms. The highest BCUT2D eigenvalue weighted by molar-refractivity contribution is 5.24. The van der Waals surface area contributed by atoms with Crippen molar-refractivity contribution in [2.75, 3.05) is 27.4 Å². The molecule has 2 atom stereocenters. The molecule has 0 fully saturated rings. The SMILES string of the molecule is CCCC(C)C1(C(N)(CCOC)CCOC)C=CC=CC1. The van der Waals surface area contributed by atoms with E-state index in [4.69, 9.17) is 15.2 Å². The molecule has 0 aromatic rings. The summed E-state index contributed by atoms with van der Waals surface area (Å²) in [6.07, 6.45) is 14.0. The number of methoxy groups -OCH3 is 2. The monoisotopic (exact) mass is 295 g/mol. The first-order valence-corrected chi connectivity index (χ1v) is 8.17. The van der Waals surface area contributed by atoms with Crippen LogP contribution in [0.2, 0.25) is 0 Å². The Morgan fingerprint density at radius 2 is 1.81 bits per heavy atom.